The third-order valence-corrected chi connectivity index (χ3v) is 5.64. The van der Waals surface area contributed by atoms with Crippen molar-refractivity contribution in [1.82, 2.24) is 19.4 Å². The smallest absolute Gasteiger partial charge is 0.315 e. The van der Waals surface area contributed by atoms with Gasteiger partial charge in [0.1, 0.15) is 10.7 Å². The molecule has 2 aromatic heterocycles. The van der Waals surface area contributed by atoms with Gasteiger partial charge in [0.2, 0.25) is 10.0 Å². The molecule has 1 aliphatic heterocycles. The summed E-state index contributed by atoms with van der Waals surface area (Å²) in [7, 11) is -3.85. The van der Waals surface area contributed by atoms with Crippen molar-refractivity contribution in [2.45, 2.75) is 30.1 Å². The van der Waals surface area contributed by atoms with E-state index in [0.29, 0.717) is 12.8 Å². The fourth-order valence-electron chi connectivity index (χ4n) is 2.54. The van der Waals surface area contributed by atoms with Crippen molar-refractivity contribution < 1.29 is 26.1 Å². The van der Waals surface area contributed by atoms with E-state index < -0.39 is 28.2 Å². The normalized spacial score (nSPS) is 17.5. The van der Waals surface area contributed by atoms with Gasteiger partial charge in [-0.15, -0.1) is 0 Å². The Balaban J connectivity index is 1.70. The van der Waals surface area contributed by atoms with Crippen LogP contribution in [-0.2, 0) is 10.0 Å². The molecule has 0 aliphatic carbocycles. The van der Waals surface area contributed by atoms with Crippen LogP contribution in [0.3, 0.4) is 0 Å². The Morgan fingerprint density at radius 3 is 2.54 bits per heavy atom. The third kappa shape index (κ3) is 3.26. The third-order valence-electron chi connectivity index (χ3n) is 3.78. The van der Waals surface area contributed by atoms with Crippen molar-refractivity contribution in [3.8, 4) is 0 Å². The molecule has 3 rings (SSSR count). The molecule has 0 unspecified atom stereocenters. The summed E-state index contributed by atoms with van der Waals surface area (Å²) in [5, 5.41) is 3.52. The number of pyridine rings is 1. The van der Waals surface area contributed by atoms with Crippen molar-refractivity contribution in [2.75, 3.05) is 13.1 Å². The van der Waals surface area contributed by atoms with E-state index in [1.54, 1.807) is 0 Å². The van der Waals surface area contributed by atoms with Gasteiger partial charge >= 0.3 is 6.43 Å². The lowest BCUT2D eigenvalue weighted by atomic mass is 9.98. The van der Waals surface area contributed by atoms with E-state index in [1.807, 2.05) is 0 Å². The van der Waals surface area contributed by atoms with Gasteiger partial charge in [-0.1, -0.05) is 5.16 Å². The highest BCUT2D eigenvalue weighted by atomic mass is 32.2. The molecular formula is C13H13F3N4O3S. The van der Waals surface area contributed by atoms with Crippen molar-refractivity contribution in [2.24, 2.45) is 0 Å². The molecule has 0 radical (unpaired) electrons. The van der Waals surface area contributed by atoms with Gasteiger partial charge in [0.25, 0.3) is 5.89 Å². The van der Waals surface area contributed by atoms with Crippen LogP contribution in [0.5, 0.6) is 0 Å². The molecule has 1 saturated heterocycles. The summed E-state index contributed by atoms with van der Waals surface area (Å²) in [6.07, 6.45) is -0.137. The Kier molecular flexibility index (Phi) is 4.54. The Labute approximate surface area is 135 Å². The lowest BCUT2D eigenvalue weighted by Crippen LogP contribution is -2.38. The first kappa shape index (κ1) is 16.8. The SMILES string of the molecule is O=S(=O)(c1cncc(F)c1)N1CCC(c2noc(C(F)F)n2)CC1. The van der Waals surface area contributed by atoms with Gasteiger partial charge in [0, 0.05) is 25.2 Å². The zero-order valence-corrected chi connectivity index (χ0v) is 13.1. The van der Waals surface area contributed by atoms with Crippen LogP contribution >= 0.6 is 0 Å². The standard InChI is InChI=1S/C13H13F3N4O3S/c14-9-5-10(7-17-6-9)24(21,22)20-3-1-8(2-4-20)12-18-13(11(15)16)23-19-12/h5-8,11H,1-4H2. The number of alkyl halides is 2. The number of sulfonamides is 1. The van der Waals surface area contributed by atoms with Gasteiger partial charge in [-0.3, -0.25) is 4.98 Å². The summed E-state index contributed by atoms with van der Waals surface area (Å²) in [6, 6.07) is 0.905. The number of hydrogen-bond acceptors (Lipinski definition) is 6. The average Bonchev–Trinajstić information content (AvgIpc) is 3.05. The number of piperidine rings is 1. The van der Waals surface area contributed by atoms with Crippen molar-refractivity contribution >= 4 is 10.0 Å². The fourth-order valence-corrected chi connectivity index (χ4v) is 3.98. The molecule has 1 aliphatic rings. The topological polar surface area (TPSA) is 89.2 Å². The largest absolute Gasteiger partial charge is 0.333 e. The fraction of sp³-hybridized carbons (Fsp3) is 0.462. The van der Waals surface area contributed by atoms with Crippen LogP contribution in [0.1, 0.15) is 36.9 Å². The highest BCUT2D eigenvalue weighted by Crippen LogP contribution is 2.30. The van der Waals surface area contributed by atoms with Gasteiger partial charge < -0.3 is 4.52 Å². The minimum absolute atomic E-state index is 0.141. The molecule has 130 valence electrons. The lowest BCUT2D eigenvalue weighted by Gasteiger charge is -2.29. The van der Waals surface area contributed by atoms with Crippen LogP contribution in [0, 0.1) is 5.82 Å². The van der Waals surface area contributed by atoms with E-state index in [1.165, 1.54) is 4.31 Å². The maximum absolute atomic E-state index is 13.2. The quantitative estimate of drug-likeness (QED) is 0.828. The first-order chi connectivity index (χ1) is 11.4. The summed E-state index contributed by atoms with van der Waals surface area (Å²) in [5.74, 6) is -1.60. The summed E-state index contributed by atoms with van der Waals surface area (Å²) >= 11 is 0. The zero-order valence-electron chi connectivity index (χ0n) is 12.3. The molecule has 1 fully saturated rings. The number of nitrogens with zero attached hydrogens (tertiary/aromatic N) is 4. The van der Waals surface area contributed by atoms with Crippen LogP contribution in [-0.4, -0.2) is 40.9 Å². The highest BCUT2D eigenvalue weighted by molar-refractivity contribution is 7.89. The highest BCUT2D eigenvalue weighted by Gasteiger charge is 2.32. The molecule has 3 heterocycles. The maximum Gasteiger partial charge on any atom is 0.315 e. The first-order valence-electron chi connectivity index (χ1n) is 7.10. The van der Waals surface area contributed by atoms with Gasteiger partial charge in [-0.2, -0.15) is 18.1 Å². The Morgan fingerprint density at radius 1 is 1.25 bits per heavy atom. The number of hydrogen-bond donors (Lipinski definition) is 0. The van der Waals surface area contributed by atoms with E-state index >= 15 is 0 Å². The van der Waals surface area contributed by atoms with Crippen molar-refractivity contribution in [3.05, 3.63) is 36.0 Å². The van der Waals surface area contributed by atoms with Gasteiger partial charge in [-0.25, -0.2) is 12.8 Å². The summed E-state index contributed by atoms with van der Waals surface area (Å²) < 4.78 is 68.7. The van der Waals surface area contributed by atoms with Gasteiger partial charge in [0.15, 0.2) is 5.82 Å². The molecule has 0 bridgehead atoms. The molecule has 0 saturated carbocycles. The molecule has 2 aromatic rings. The number of halogens is 3. The van der Waals surface area contributed by atoms with Crippen LogP contribution < -0.4 is 0 Å². The molecule has 0 amide bonds. The van der Waals surface area contributed by atoms with Crippen LogP contribution in [0.15, 0.2) is 27.9 Å². The molecule has 11 heteroatoms. The predicted octanol–water partition coefficient (Wildman–Crippen LogP) is 2.11. The summed E-state index contributed by atoms with van der Waals surface area (Å²) in [6.45, 7) is 0.282. The zero-order chi connectivity index (χ0) is 17.3. The molecule has 24 heavy (non-hydrogen) atoms. The second-order valence-electron chi connectivity index (χ2n) is 5.31. The minimum Gasteiger partial charge on any atom is -0.333 e. The van der Waals surface area contributed by atoms with E-state index in [-0.39, 0.29) is 29.7 Å². The van der Waals surface area contributed by atoms with E-state index in [4.69, 9.17) is 0 Å². The van der Waals surface area contributed by atoms with Gasteiger partial charge in [0.05, 0.1) is 6.20 Å². The minimum atomic E-state index is -3.85. The van der Waals surface area contributed by atoms with E-state index in [0.717, 1.165) is 18.5 Å². The summed E-state index contributed by atoms with van der Waals surface area (Å²) in [5.41, 5.74) is 0. The van der Waals surface area contributed by atoms with Crippen molar-refractivity contribution in [1.29, 1.82) is 0 Å². The first-order valence-corrected chi connectivity index (χ1v) is 8.54. The number of aromatic nitrogens is 3. The molecule has 0 spiro atoms. The second kappa shape index (κ2) is 6.48. The Morgan fingerprint density at radius 2 is 1.96 bits per heavy atom. The Bertz CT molecular complexity index is 819. The molecule has 7 nitrogen and oxygen atoms in total. The lowest BCUT2D eigenvalue weighted by molar-refractivity contribution is 0.106. The molecule has 0 atom stereocenters. The Hall–Kier alpha value is -2.01. The van der Waals surface area contributed by atoms with Crippen LogP contribution in [0.25, 0.3) is 0 Å². The van der Waals surface area contributed by atoms with E-state index in [9.17, 15) is 21.6 Å². The van der Waals surface area contributed by atoms with Gasteiger partial charge in [-0.05, 0) is 18.9 Å². The molecule has 0 N–H and O–H groups in total. The monoisotopic (exact) mass is 362 g/mol. The van der Waals surface area contributed by atoms with Crippen LogP contribution in [0.4, 0.5) is 13.2 Å². The molecule has 0 aromatic carbocycles. The second-order valence-corrected chi connectivity index (χ2v) is 7.25. The van der Waals surface area contributed by atoms with E-state index in [2.05, 4.69) is 19.6 Å². The van der Waals surface area contributed by atoms with Crippen molar-refractivity contribution in [3.63, 3.8) is 0 Å². The number of rotatable bonds is 4. The average molecular weight is 362 g/mol. The van der Waals surface area contributed by atoms with Crippen LogP contribution in [0.2, 0.25) is 0 Å². The predicted molar refractivity (Wildman–Crippen MR) is 74.2 cm³/mol. The summed E-state index contributed by atoms with van der Waals surface area (Å²) in [4.78, 5) is 6.96. The molecular weight excluding hydrogens is 349 g/mol. The maximum atomic E-state index is 13.2.